The topological polar surface area (TPSA) is 110 Å². The molecular formula is C21H15ClF2N6O2S. The van der Waals surface area contributed by atoms with Gasteiger partial charge in [-0.05, 0) is 43.2 Å². The summed E-state index contributed by atoms with van der Waals surface area (Å²) in [7, 11) is -4.40. The highest BCUT2D eigenvalue weighted by atomic mass is 35.5. The lowest BCUT2D eigenvalue weighted by Gasteiger charge is -2.12. The average Bonchev–Trinajstić information content (AvgIpc) is 3.59. The number of benzene rings is 1. The number of nitrogens with zero attached hydrogens (tertiary/aromatic N) is 4. The van der Waals surface area contributed by atoms with Crippen molar-refractivity contribution in [2.45, 2.75) is 23.8 Å². The third kappa shape index (κ3) is 4.41. The minimum absolute atomic E-state index is 0.0829. The molecule has 0 radical (unpaired) electrons. The molecule has 0 bridgehead atoms. The third-order valence-corrected chi connectivity index (χ3v) is 6.66. The molecule has 1 aliphatic carbocycles. The van der Waals surface area contributed by atoms with Crippen LogP contribution >= 0.6 is 11.6 Å². The van der Waals surface area contributed by atoms with E-state index in [4.69, 9.17) is 11.6 Å². The molecule has 0 saturated heterocycles. The van der Waals surface area contributed by atoms with Crippen LogP contribution in [0.25, 0.3) is 22.3 Å². The van der Waals surface area contributed by atoms with Crippen LogP contribution in [0.1, 0.15) is 12.8 Å². The quantitative estimate of drug-likeness (QED) is 0.387. The predicted molar refractivity (Wildman–Crippen MR) is 119 cm³/mol. The minimum atomic E-state index is -4.40. The Bertz CT molecular complexity index is 1500. The second-order valence-corrected chi connectivity index (χ2v) is 9.46. The van der Waals surface area contributed by atoms with Crippen molar-refractivity contribution < 1.29 is 17.2 Å². The number of pyridine rings is 2. The van der Waals surface area contributed by atoms with Crippen LogP contribution in [0.2, 0.25) is 5.15 Å². The van der Waals surface area contributed by atoms with E-state index in [0.717, 1.165) is 25.0 Å². The van der Waals surface area contributed by atoms with Crippen LogP contribution in [0.4, 0.5) is 20.3 Å². The molecule has 0 unspecified atom stereocenters. The molecule has 3 heterocycles. The van der Waals surface area contributed by atoms with Crippen molar-refractivity contribution in [1.82, 2.24) is 19.9 Å². The van der Waals surface area contributed by atoms with E-state index >= 15 is 0 Å². The Morgan fingerprint density at radius 3 is 2.61 bits per heavy atom. The zero-order valence-corrected chi connectivity index (χ0v) is 18.3. The summed E-state index contributed by atoms with van der Waals surface area (Å²) in [4.78, 5) is 16.4. The van der Waals surface area contributed by atoms with E-state index in [1.807, 2.05) is 0 Å². The third-order valence-electron chi connectivity index (χ3n) is 4.96. The SMILES string of the molecule is O=S(=O)(Nc1cc(-c2ccc3ncnc(NC4CC4)c3n2)cnc1Cl)c1ccc(F)cc1F. The number of hydrogen-bond donors (Lipinski definition) is 2. The Balaban J connectivity index is 1.51. The molecule has 168 valence electrons. The standard InChI is InChI=1S/C21H15ClF2N6O2S/c22-20-17(30-33(31,32)18-6-1-12(23)8-14(18)24)7-11(9-25-20)15-4-5-16-19(29-15)21(27-10-26-16)28-13-2-3-13/h1,4-10,13,30H,2-3H2,(H,26,27,28). The first-order valence-corrected chi connectivity index (χ1v) is 11.7. The van der Waals surface area contributed by atoms with Crippen LogP contribution in [0, 0.1) is 11.6 Å². The van der Waals surface area contributed by atoms with Crippen molar-refractivity contribution in [3.8, 4) is 11.3 Å². The number of nitrogens with one attached hydrogen (secondary N) is 2. The van der Waals surface area contributed by atoms with Crippen molar-refractivity contribution in [2.24, 2.45) is 0 Å². The number of sulfonamides is 1. The number of anilines is 2. The molecule has 3 aromatic heterocycles. The highest BCUT2D eigenvalue weighted by Gasteiger charge is 2.23. The maximum atomic E-state index is 14.0. The van der Waals surface area contributed by atoms with Crippen LogP contribution in [-0.2, 0) is 10.0 Å². The smallest absolute Gasteiger partial charge is 0.264 e. The molecule has 12 heteroatoms. The fourth-order valence-corrected chi connectivity index (χ4v) is 4.50. The van der Waals surface area contributed by atoms with Crippen molar-refractivity contribution in [2.75, 3.05) is 10.0 Å². The van der Waals surface area contributed by atoms with Gasteiger partial charge in [0.05, 0.1) is 16.9 Å². The maximum Gasteiger partial charge on any atom is 0.264 e. The predicted octanol–water partition coefficient (Wildman–Crippen LogP) is 4.39. The highest BCUT2D eigenvalue weighted by molar-refractivity contribution is 7.92. The number of fused-ring (bicyclic) bond motifs is 1. The lowest BCUT2D eigenvalue weighted by molar-refractivity contribution is 0.551. The van der Waals surface area contributed by atoms with E-state index in [0.29, 0.717) is 40.2 Å². The first kappa shape index (κ1) is 21.4. The summed E-state index contributed by atoms with van der Waals surface area (Å²) in [5.74, 6) is -1.51. The van der Waals surface area contributed by atoms with Crippen LogP contribution in [0.15, 0.2) is 53.8 Å². The molecule has 1 fully saturated rings. The van der Waals surface area contributed by atoms with E-state index < -0.39 is 26.6 Å². The summed E-state index contributed by atoms with van der Waals surface area (Å²) >= 11 is 6.08. The Hall–Kier alpha value is -3.44. The largest absolute Gasteiger partial charge is 0.365 e. The van der Waals surface area contributed by atoms with E-state index in [9.17, 15) is 17.2 Å². The summed E-state index contributed by atoms with van der Waals surface area (Å²) in [6.45, 7) is 0. The van der Waals surface area contributed by atoms with Crippen LogP contribution in [-0.4, -0.2) is 34.4 Å². The Morgan fingerprint density at radius 1 is 1.03 bits per heavy atom. The molecular weight excluding hydrogens is 474 g/mol. The van der Waals surface area contributed by atoms with Crippen molar-refractivity contribution in [1.29, 1.82) is 0 Å². The van der Waals surface area contributed by atoms with Gasteiger partial charge in [-0.15, -0.1) is 0 Å². The van der Waals surface area contributed by atoms with Crippen molar-refractivity contribution in [3.63, 3.8) is 0 Å². The number of aromatic nitrogens is 4. The van der Waals surface area contributed by atoms with Crippen LogP contribution in [0.5, 0.6) is 0 Å². The van der Waals surface area contributed by atoms with Gasteiger partial charge in [0.25, 0.3) is 10.0 Å². The second kappa shape index (κ2) is 8.16. The Labute approximate surface area is 192 Å². The highest BCUT2D eigenvalue weighted by Crippen LogP contribution is 2.31. The van der Waals surface area contributed by atoms with Crippen molar-refractivity contribution in [3.05, 3.63) is 65.7 Å². The lowest BCUT2D eigenvalue weighted by atomic mass is 10.1. The van der Waals surface area contributed by atoms with E-state index in [1.165, 1.54) is 18.6 Å². The summed E-state index contributed by atoms with van der Waals surface area (Å²) in [5.41, 5.74) is 2.06. The molecule has 1 saturated carbocycles. The van der Waals surface area contributed by atoms with Gasteiger partial charge in [-0.25, -0.2) is 37.1 Å². The average molecular weight is 489 g/mol. The number of halogens is 3. The Morgan fingerprint density at radius 2 is 1.85 bits per heavy atom. The summed E-state index contributed by atoms with van der Waals surface area (Å²) in [6.07, 6.45) is 5.01. The fraction of sp³-hybridized carbons (Fsp3) is 0.143. The molecule has 0 atom stereocenters. The van der Waals surface area contributed by atoms with Crippen LogP contribution in [0.3, 0.4) is 0 Å². The molecule has 1 aliphatic rings. The van der Waals surface area contributed by atoms with Crippen molar-refractivity contribution >= 4 is 44.2 Å². The molecule has 0 aliphatic heterocycles. The lowest BCUT2D eigenvalue weighted by Crippen LogP contribution is -2.15. The molecule has 5 rings (SSSR count). The number of hydrogen-bond acceptors (Lipinski definition) is 7. The molecule has 1 aromatic carbocycles. The zero-order chi connectivity index (χ0) is 23.2. The summed E-state index contributed by atoms with van der Waals surface area (Å²) in [5, 5.41) is 3.16. The molecule has 0 amide bonds. The normalized spacial score (nSPS) is 13.8. The monoisotopic (exact) mass is 488 g/mol. The van der Waals surface area contributed by atoms with Gasteiger partial charge < -0.3 is 5.32 Å². The zero-order valence-electron chi connectivity index (χ0n) is 16.8. The van der Waals surface area contributed by atoms with Gasteiger partial charge in [-0.1, -0.05) is 11.6 Å². The van der Waals surface area contributed by atoms with Gasteiger partial charge in [-0.2, -0.15) is 0 Å². The van der Waals surface area contributed by atoms with Crippen LogP contribution < -0.4 is 10.0 Å². The Kier molecular flexibility index (Phi) is 5.29. The van der Waals surface area contributed by atoms with Gasteiger partial charge >= 0.3 is 0 Å². The molecule has 8 nitrogen and oxygen atoms in total. The van der Waals surface area contributed by atoms with Gasteiger partial charge in [-0.3, -0.25) is 4.72 Å². The molecule has 33 heavy (non-hydrogen) atoms. The second-order valence-electron chi connectivity index (χ2n) is 7.45. The fourth-order valence-electron chi connectivity index (χ4n) is 3.18. The maximum absolute atomic E-state index is 14.0. The summed E-state index contributed by atoms with van der Waals surface area (Å²) in [6, 6.07) is 7.43. The van der Waals surface area contributed by atoms with Gasteiger partial charge in [0.2, 0.25) is 0 Å². The summed E-state index contributed by atoms with van der Waals surface area (Å²) < 4.78 is 54.7. The molecule has 0 spiro atoms. The number of rotatable bonds is 6. The first-order chi connectivity index (χ1) is 15.8. The molecule has 4 aromatic rings. The molecule has 2 N–H and O–H groups in total. The van der Waals surface area contributed by atoms with E-state index in [2.05, 4.69) is 30.0 Å². The van der Waals surface area contributed by atoms with E-state index in [1.54, 1.807) is 12.1 Å². The first-order valence-electron chi connectivity index (χ1n) is 9.82. The minimum Gasteiger partial charge on any atom is -0.365 e. The van der Waals surface area contributed by atoms with Gasteiger partial charge in [0.15, 0.2) is 11.0 Å². The van der Waals surface area contributed by atoms with E-state index in [-0.39, 0.29) is 10.8 Å². The van der Waals surface area contributed by atoms with Gasteiger partial charge in [0, 0.05) is 23.9 Å². The van der Waals surface area contributed by atoms with Gasteiger partial charge in [0.1, 0.15) is 28.4 Å².